The molecular weight excluding hydrogens is 360 g/mol. The molecule has 156 valence electrons. The highest BCUT2D eigenvalue weighted by Crippen LogP contribution is 2.27. The van der Waals surface area contributed by atoms with Crippen LogP contribution >= 0.6 is 0 Å². The van der Waals surface area contributed by atoms with Crippen molar-refractivity contribution in [3.05, 3.63) is 59.7 Å². The van der Waals surface area contributed by atoms with Crippen LogP contribution < -0.4 is 15.0 Å². The van der Waals surface area contributed by atoms with Crippen molar-refractivity contribution in [1.29, 1.82) is 0 Å². The highest BCUT2D eigenvalue weighted by atomic mass is 16.5. The van der Waals surface area contributed by atoms with Gasteiger partial charge >= 0.3 is 0 Å². The summed E-state index contributed by atoms with van der Waals surface area (Å²) >= 11 is 0. The van der Waals surface area contributed by atoms with Crippen LogP contribution in [-0.2, 0) is 4.79 Å². The fraction of sp³-hybridized carbons (Fsp3) is 0.480. The molecule has 2 aromatic rings. The second-order valence-electron chi connectivity index (χ2n) is 8.56. The third-order valence-corrected chi connectivity index (χ3v) is 5.81. The number of nitrogens with zero attached hydrogens (tertiary/aromatic N) is 1. The highest BCUT2D eigenvalue weighted by molar-refractivity contribution is 5.79. The van der Waals surface area contributed by atoms with E-state index in [0.717, 1.165) is 43.7 Å². The van der Waals surface area contributed by atoms with Crippen LogP contribution in [0.3, 0.4) is 0 Å². The largest absolute Gasteiger partial charge is 0.497 e. The summed E-state index contributed by atoms with van der Waals surface area (Å²) in [6.45, 7) is 8.36. The molecule has 2 aromatic carbocycles. The standard InChI is InChI=1S/C25H34N2O2/c1-18(2)17-24(20-7-11-23(29-4)12-8-20)26-25(28)21-13-15-27(16-14-21)22-9-5-19(3)6-10-22/h5-12,18,21,24H,13-17H2,1-4H3,(H,26,28)/t24-/m1/s1. The average molecular weight is 395 g/mol. The Morgan fingerprint density at radius 1 is 1.07 bits per heavy atom. The maximum Gasteiger partial charge on any atom is 0.223 e. The molecule has 0 bridgehead atoms. The third kappa shape index (κ3) is 5.75. The van der Waals surface area contributed by atoms with Gasteiger partial charge in [0, 0.05) is 24.7 Å². The Kier molecular flexibility index (Phi) is 7.18. The van der Waals surface area contributed by atoms with E-state index in [-0.39, 0.29) is 17.9 Å². The molecular formula is C25H34N2O2. The SMILES string of the molecule is COc1ccc([C@@H](CC(C)C)NC(=O)C2CCN(c3ccc(C)cc3)CC2)cc1. The van der Waals surface area contributed by atoms with Gasteiger partial charge in [-0.05, 0) is 61.9 Å². The van der Waals surface area contributed by atoms with Crippen molar-refractivity contribution in [2.45, 2.75) is 46.1 Å². The van der Waals surface area contributed by atoms with Crippen LogP contribution in [0.1, 0.15) is 50.3 Å². The Hall–Kier alpha value is -2.49. The molecule has 3 rings (SSSR count). The van der Waals surface area contributed by atoms with E-state index in [1.807, 2.05) is 12.1 Å². The van der Waals surface area contributed by atoms with Crippen molar-refractivity contribution in [3.63, 3.8) is 0 Å². The Balaban J connectivity index is 1.60. The number of benzene rings is 2. The number of hydrogen-bond donors (Lipinski definition) is 1. The summed E-state index contributed by atoms with van der Waals surface area (Å²) in [6, 6.07) is 16.8. The number of nitrogens with one attached hydrogen (secondary N) is 1. The minimum atomic E-state index is 0.0449. The zero-order valence-corrected chi connectivity index (χ0v) is 18.2. The predicted molar refractivity (Wildman–Crippen MR) is 119 cm³/mol. The molecule has 1 saturated heterocycles. The molecule has 1 aliphatic rings. The van der Waals surface area contributed by atoms with Crippen molar-refractivity contribution in [3.8, 4) is 5.75 Å². The first-order valence-electron chi connectivity index (χ1n) is 10.7. The van der Waals surface area contributed by atoms with Gasteiger partial charge in [-0.3, -0.25) is 4.79 Å². The lowest BCUT2D eigenvalue weighted by Gasteiger charge is -2.34. The maximum atomic E-state index is 13.0. The van der Waals surface area contributed by atoms with Crippen LogP contribution in [0.5, 0.6) is 5.75 Å². The smallest absolute Gasteiger partial charge is 0.223 e. The Labute approximate surface area is 175 Å². The van der Waals surface area contributed by atoms with E-state index in [1.54, 1.807) is 7.11 Å². The van der Waals surface area contributed by atoms with Crippen molar-refractivity contribution in [1.82, 2.24) is 5.32 Å². The summed E-state index contributed by atoms with van der Waals surface area (Å²) in [4.78, 5) is 15.4. The fourth-order valence-corrected chi connectivity index (χ4v) is 4.03. The molecule has 4 heteroatoms. The quantitative estimate of drug-likeness (QED) is 0.708. The second kappa shape index (κ2) is 9.82. The summed E-state index contributed by atoms with van der Waals surface area (Å²) in [6.07, 6.45) is 2.73. The first-order chi connectivity index (χ1) is 14.0. The Morgan fingerprint density at radius 3 is 2.24 bits per heavy atom. The number of carbonyl (C=O) groups excluding carboxylic acids is 1. The van der Waals surface area contributed by atoms with E-state index in [2.05, 4.69) is 67.4 Å². The normalized spacial score (nSPS) is 16.0. The number of ether oxygens (including phenoxy) is 1. The number of rotatable bonds is 7. The molecule has 1 amide bonds. The molecule has 4 nitrogen and oxygen atoms in total. The van der Waals surface area contributed by atoms with Gasteiger partial charge in [-0.25, -0.2) is 0 Å². The number of piperidine rings is 1. The Morgan fingerprint density at radius 2 is 1.69 bits per heavy atom. The van der Waals surface area contributed by atoms with Crippen molar-refractivity contribution in [2.24, 2.45) is 11.8 Å². The minimum Gasteiger partial charge on any atom is -0.497 e. The first kappa shape index (κ1) is 21.2. The molecule has 0 radical (unpaired) electrons. The summed E-state index contributed by atoms with van der Waals surface area (Å²) in [7, 11) is 1.67. The van der Waals surface area contributed by atoms with Crippen LogP contribution in [-0.4, -0.2) is 26.1 Å². The van der Waals surface area contributed by atoms with Gasteiger partial charge in [0.2, 0.25) is 5.91 Å². The molecule has 0 unspecified atom stereocenters. The molecule has 1 N–H and O–H groups in total. The second-order valence-corrected chi connectivity index (χ2v) is 8.56. The lowest BCUT2D eigenvalue weighted by molar-refractivity contribution is -0.126. The van der Waals surface area contributed by atoms with Gasteiger partial charge in [0.15, 0.2) is 0 Å². The maximum absolute atomic E-state index is 13.0. The van der Waals surface area contributed by atoms with Gasteiger partial charge in [0.05, 0.1) is 13.2 Å². The predicted octanol–water partition coefficient (Wildman–Crippen LogP) is 5.12. The zero-order valence-electron chi connectivity index (χ0n) is 18.2. The molecule has 29 heavy (non-hydrogen) atoms. The molecule has 1 atom stereocenters. The molecule has 0 saturated carbocycles. The average Bonchev–Trinajstić information content (AvgIpc) is 2.73. The van der Waals surface area contributed by atoms with Gasteiger partial charge in [-0.15, -0.1) is 0 Å². The van der Waals surface area contributed by atoms with E-state index in [4.69, 9.17) is 4.74 Å². The lowest BCUT2D eigenvalue weighted by Crippen LogP contribution is -2.41. The van der Waals surface area contributed by atoms with Gasteiger partial charge in [-0.1, -0.05) is 43.7 Å². The number of methoxy groups -OCH3 is 1. The zero-order chi connectivity index (χ0) is 20.8. The van der Waals surface area contributed by atoms with Crippen LogP contribution in [0.2, 0.25) is 0 Å². The van der Waals surface area contributed by atoms with Gasteiger partial charge in [0.1, 0.15) is 5.75 Å². The molecule has 1 fully saturated rings. The monoisotopic (exact) mass is 394 g/mol. The molecule has 0 spiro atoms. The van der Waals surface area contributed by atoms with Crippen LogP contribution in [0, 0.1) is 18.8 Å². The number of carbonyl (C=O) groups is 1. The summed E-state index contributed by atoms with van der Waals surface area (Å²) < 4.78 is 5.27. The minimum absolute atomic E-state index is 0.0449. The molecule has 1 aliphatic heterocycles. The van der Waals surface area contributed by atoms with E-state index in [9.17, 15) is 4.79 Å². The highest BCUT2D eigenvalue weighted by Gasteiger charge is 2.27. The third-order valence-electron chi connectivity index (χ3n) is 5.81. The van der Waals surface area contributed by atoms with Crippen molar-refractivity contribution >= 4 is 11.6 Å². The van der Waals surface area contributed by atoms with Gasteiger partial charge in [0.25, 0.3) is 0 Å². The van der Waals surface area contributed by atoms with E-state index in [0.29, 0.717) is 5.92 Å². The van der Waals surface area contributed by atoms with Gasteiger partial charge < -0.3 is 15.0 Å². The van der Waals surface area contributed by atoms with Crippen LogP contribution in [0.4, 0.5) is 5.69 Å². The summed E-state index contributed by atoms with van der Waals surface area (Å²) in [5.74, 6) is 1.62. The molecule has 0 aliphatic carbocycles. The summed E-state index contributed by atoms with van der Waals surface area (Å²) in [5.41, 5.74) is 3.67. The molecule has 1 heterocycles. The topological polar surface area (TPSA) is 41.6 Å². The van der Waals surface area contributed by atoms with E-state index >= 15 is 0 Å². The Bertz CT molecular complexity index is 775. The van der Waals surface area contributed by atoms with Crippen LogP contribution in [0.25, 0.3) is 0 Å². The number of aryl methyl sites for hydroxylation is 1. The van der Waals surface area contributed by atoms with Crippen molar-refractivity contribution < 1.29 is 9.53 Å². The lowest BCUT2D eigenvalue weighted by atomic mass is 9.92. The van der Waals surface area contributed by atoms with Gasteiger partial charge in [-0.2, -0.15) is 0 Å². The summed E-state index contributed by atoms with van der Waals surface area (Å²) in [5, 5.41) is 3.34. The molecule has 0 aromatic heterocycles. The fourth-order valence-electron chi connectivity index (χ4n) is 4.03. The van der Waals surface area contributed by atoms with E-state index < -0.39 is 0 Å². The van der Waals surface area contributed by atoms with Crippen LogP contribution in [0.15, 0.2) is 48.5 Å². The number of amides is 1. The first-order valence-corrected chi connectivity index (χ1v) is 10.7. The number of anilines is 1. The number of hydrogen-bond acceptors (Lipinski definition) is 3. The van der Waals surface area contributed by atoms with Crippen molar-refractivity contribution in [2.75, 3.05) is 25.1 Å². The van der Waals surface area contributed by atoms with E-state index in [1.165, 1.54) is 11.3 Å².